The van der Waals surface area contributed by atoms with Gasteiger partial charge in [-0.05, 0) is 17.7 Å². The van der Waals surface area contributed by atoms with Crippen molar-refractivity contribution in [3.05, 3.63) is 34.3 Å². The van der Waals surface area contributed by atoms with Gasteiger partial charge in [-0.15, -0.1) is 0 Å². The molecule has 0 heterocycles. The van der Waals surface area contributed by atoms with E-state index in [4.69, 9.17) is 5.26 Å². The Balaban J connectivity index is 3.02. The molecule has 1 unspecified atom stereocenters. The van der Waals surface area contributed by atoms with E-state index >= 15 is 0 Å². The monoisotopic (exact) mass is 251 g/mol. The van der Waals surface area contributed by atoms with Crippen LogP contribution in [0.1, 0.15) is 24.8 Å². The van der Waals surface area contributed by atoms with Gasteiger partial charge in [0.2, 0.25) is 0 Å². The summed E-state index contributed by atoms with van der Waals surface area (Å²) in [7, 11) is 0. The van der Waals surface area contributed by atoms with E-state index in [1.807, 2.05) is 18.2 Å². The summed E-state index contributed by atoms with van der Waals surface area (Å²) in [6, 6.07) is 9.33. The Morgan fingerprint density at radius 2 is 2.36 bits per heavy atom. The first-order valence-corrected chi connectivity index (χ1v) is 5.16. The van der Waals surface area contributed by atoms with Crippen molar-refractivity contribution in [3.63, 3.8) is 0 Å². The third-order valence-electron chi connectivity index (χ3n) is 1.98. The van der Waals surface area contributed by atoms with Crippen LogP contribution in [-0.2, 0) is 4.79 Å². The molecule has 0 radical (unpaired) electrons. The number of nitriles is 1. The summed E-state index contributed by atoms with van der Waals surface area (Å²) in [5.74, 6) is -0.664. The maximum Gasteiger partial charge on any atom is 0.154 e. The average molecular weight is 252 g/mol. The molecule has 0 N–H and O–H groups in total. The van der Waals surface area contributed by atoms with Crippen molar-refractivity contribution in [2.75, 3.05) is 0 Å². The van der Waals surface area contributed by atoms with Gasteiger partial charge in [0.25, 0.3) is 0 Å². The van der Waals surface area contributed by atoms with Crippen molar-refractivity contribution in [1.29, 1.82) is 5.26 Å². The lowest BCUT2D eigenvalue weighted by atomic mass is 9.95. The first-order chi connectivity index (χ1) is 6.69. The van der Waals surface area contributed by atoms with E-state index in [-0.39, 0.29) is 5.78 Å². The van der Waals surface area contributed by atoms with Gasteiger partial charge in [0.05, 0.1) is 6.07 Å². The quantitative estimate of drug-likeness (QED) is 0.829. The summed E-state index contributed by atoms with van der Waals surface area (Å²) in [6.07, 6.45) is 0.394. The van der Waals surface area contributed by atoms with Gasteiger partial charge in [0.15, 0.2) is 5.78 Å². The lowest BCUT2D eigenvalue weighted by Gasteiger charge is -2.06. The number of hydrogen-bond acceptors (Lipinski definition) is 2. The Hall–Kier alpha value is -1.14. The largest absolute Gasteiger partial charge is 0.298 e. The molecule has 1 aromatic carbocycles. The highest BCUT2D eigenvalue weighted by atomic mass is 79.9. The van der Waals surface area contributed by atoms with E-state index < -0.39 is 5.92 Å². The van der Waals surface area contributed by atoms with Gasteiger partial charge < -0.3 is 0 Å². The molecule has 72 valence electrons. The van der Waals surface area contributed by atoms with Crippen LogP contribution in [0.2, 0.25) is 0 Å². The van der Waals surface area contributed by atoms with E-state index in [1.54, 1.807) is 19.1 Å². The van der Waals surface area contributed by atoms with Gasteiger partial charge in [0, 0.05) is 10.9 Å². The molecule has 0 spiro atoms. The molecule has 0 aliphatic heterocycles. The summed E-state index contributed by atoms with van der Waals surface area (Å²) in [4.78, 5) is 11.4. The highest BCUT2D eigenvalue weighted by molar-refractivity contribution is 9.10. The minimum atomic E-state index is -0.627. The SMILES string of the molecule is CCC(=O)C(C#N)c1cccc(Br)c1. The number of carbonyl (C=O) groups excluding carboxylic acids is 1. The van der Waals surface area contributed by atoms with Crippen molar-refractivity contribution < 1.29 is 4.79 Å². The second-order valence-electron chi connectivity index (χ2n) is 2.94. The molecule has 0 aliphatic carbocycles. The minimum absolute atomic E-state index is 0.0365. The van der Waals surface area contributed by atoms with E-state index in [0.717, 1.165) is 10.0 Å². The maximum atomic E-state index is 11.4. The number of hydrogen-bond donors (Lipinski definition) is 0. The first kappa shape index (κ1) is 10.9. The standard InChI is InChI=1S/C11H10BrNO/c1-2-11(14)10(7-13)8-4-3-5-9(12)6-8/h3-6,10H,2H2,1H3. The highest BCUT2D eigenvalue weighted by Crippen LogP contribution is 2.21. The number of ketones is 1. The molecule has 2 nitrogen and oxygen atoms in total. The lowest BCUT2D eigenvalue weighted by Crippen LogP contribution is -2.09. The minimum Gasteiger partial charge on any atom is -0.298 e. The third kappa shape index (κ3) is 2.43. The van der Waals surface area contributed by atoms with Gasteiger partial charge in [-0.3, -0.25) is 4.79 Å². The molecular formula is C11H10BrNO. The van der Waals surface area contributed by atoms with Crippen molar-refractivity contribution in [1.82, 2.24) is 0 Å². The molecule has 1 aromatic rings. The summed E-state index contributed by atoms with van der Waals surface area (Å²) < 4.78 is 0.888. The van der Waals surface area contributed by atoms with Crippen LogP contribution in [-0.4, -0.2) is 5.78 Å². The second kappa shape index (κ2) is 4.92. The normalized spacial score (nSPS) is 11.8. The van der Waals surface area contributed by atoms with E-state index in [0.29, 0.717) is 6.42 Å². The fraction of sp³-hybridized carbons (Fsp3) is 0.273. The van der Waals surface area contributed by atoms with Crippen LogP contribution in [0.5, 0.6) is 0 Å². The summed E-state index contributed by atoms with van der Waals surface area (Å²) in [5, 5.41) is 8.89. The molecule has 14 heavy (non-hydrogen) atoms. The summed E-state index contributed by atoms with van der Waals surface area (Å²) in [5.41, 5.74) is 0.758. The zero-order chi connectivity index (χ0) is 10.6. The molecule has 0 aromatic heterocycles. The van der Waals surface area contributed by atoms with Crippen molar-refractivity contribution in [3.8, 4) is 6.07 Å². The third-order valence-corrected chi connectivity index (χ3v) is 2.47. The van der Waals surface area contributed by atoms with Crippen LogP contribution in [0.15, 0.2) is 28.7 Å². The number of halogens is 1. The second-order valence-corrected chi connectivity index (χ2v) is 3.85. The number of rotatable bonds is 3. The Morgan fingerprint density at radius 1 is 1.64 bits per heavy atom. The first-order valence-electron chi connectivity index (χ1n) is 4.36. The molecular weight excluding hydrogens is 242 g/mol. The van der Waals surface area contributed by atoms with Gasteiger partial charge in [0.1, 0.15) is 5.92 Å². The van der Waals surface area contributed by atoms with Crippen molar-refractivity contribution >= 4 is 21.7 Å². The van der Waals surface area contributed by atoms with Gasteiger partial charge in [-0.1, -0.05) is 35.0 Å². The lowest BCUT2D eigenvalue weighted by molar-refractivity contribution is -0.119. The van der Waals surface area contributed by atoms with Gasteiger partial charge in [-0.25, -0.2) is 0 Å². The predicted molar refractivity (Wildman–Crippen MR) is 57.8 cm³/mol. The molecule has 1 atom stereocenters. The smallest absolute Gasteiger partial charge is 0.154 e. The molecule has 0 saturated carbocycles. The molecule has 1 rings (SSSR count). The molecule has 0 aliphatic rings. The van der Waals surface area contributed by atoms with Gasteiger partial charge >= 0.3 is 0 Å². The molecule has 0 bridgehead atoms. The van der Waals surface area contributed by atoms with Crippen LogP contribution in [0.4, 0.5) is 0 Å². The molecule has 0 fully saturated rings. The number of Topliss-reactive ketones (excluding diaryl/α,β-unsaturated/α-hetero) is 1. The summed E-state index contributed by atoms with van der Waals surface area (Å²) >= 11 is 3.31. The van der Waals surface area contributed by atoms with Crippen LogP contribution < -0.4 is 0 Å². The van der Waals surface area contributed by atoms with E-state index in [9.17, 15) is 4.79 Å². The van der Waals surface area contributed by atoms with Crippen molar-refractivity contribution in [2.45, 2.75) is 19.3 Å². The van der Waals surface area contributed by atoms with E-state index in [2.05, 4.69) is 15.9 Å². The fourth-order valence-corrected chi connectivity index (χ4v) is 1.64. The number of nitrogens with zero attached hydrogens (tertiary/aromatic N) is 1. The van der Waals surface area contributed by atoms with Crippen LogP contribution >= 0.6 is 15.9 Å². The average Bonchev–Trinajstić information content (AvgIpc) is 2.19. The van der Waals surface area contributed by atoms with E-state index in [1.165, 1.54) is 0 Å². The number of carbonyl (C=O) groups is 1. The topological polar surface area (TPSA) is 40.9 Å². The zero-order valence-electron chi connectivity index (χ0n) is 7.83. The molecule has 0 amide bonds. The Morgan fingerprint density at radius 3 is 2.86 bits per heavy atom. The highest BCUT2D eigenvalue weighted by Gasteiger charge is 2.17. The maximum absolute atomic E-state index is 11.4. The zero-order valence-corrected chi connectivity index (χ0v) is 9.41. The van der Waals surface area contributed by atoms with Crippen molar-refractivity contribution in [2.24, 2.45) is 0 Å². The molecule has 3 heteroatoms. The Bertz CT molecular complexity index is 381. The van der Waals surface area contributed by atoms with Crippen LogP contribution in [0.25, 0.3) is 0 Å². The Kier molecular flexibility index (Phi) is 3.84. The molecule has 0 saturated heterocycles. The van der Waals surface area contributed by atoms with Crippen LogP contribution in [0, 0.1) is 11.3 Å². The van der Waals surface area contributed by atoms with Gasteiger partial charge in [-0.2, -0.15) is 5.26 Å². The number of benzene rings is 1. The predicted octanol–water partition coefficient (Wildman–Crippen LogP) is 3.04. The Labute approximate surface area is 91.7 Å². The summed E-state index contributed by atoms with van der Waals surface area (Å²) in [6.45, 7) is 1.77. The van der Waals surface area contributed by atoms with Crippen LogP contribution in [0.3, 0.4) is 0 Å². The fourth-order valence-electron chi connectivity index (χ4n) is 1.22.